The molecule has 0 spiro atoms. The average Bonchev–Trinajstić information content (AvgIpc) is 2.42. The fraction of sp³-hybridized carbons (Fsp3) is 0.650. The molecule has 23 heavy (non-hydrogen) atoms. The van der Waals surface area contributed by atoms with Crippen molar-refractivity contribution in [2.75, 3.05) is 0 Å². The second-order valence-electron chi connectivity index (χ2n) is 9.20. The highest BCUT2D eigenvalue weighted by molar-refractivity contribution is 7.80. The molecule has 0 aliphatic heterocycles. The Morgan fingerprint density at radius 3 is 2.30 bits per heavy atom. The topological polar surface area (TPSA) is 24.1 Å². The van der Waals surface area contributed by atoms with Gasteiger partial charge >= 0.3 is 0 Å². The second-order valence-corrected chi connectivity index (χ2v) is 9.61. The summed E-state index contributed by atoms with van der Waals surface area (Å²) < 4.78 is 0. The molecule has 0 aromatic heterocycles. The fourth-order valence-corrected chi connectivity index (χ4v) is 6.94. The summed E-state index contributed by atoms with van der Waals surface area (Å²) in [5.74, 6) is 0.894. The van der Waals surface area contributed by atoms with Crippen LogP contribution in [-0.4, -0.2) is 10.7 Å². The lowest BCUT2D eigenvalue weighted by Gasteiger charge is -2.65. The lowest BCUT2D eigenvalue weighted by Crippen LogP contribution is -2.66. The molecule has 4 saturated carbocycles. The molecule has 2 N–H and O–H groups in total. The maximum absolute atomic E-state index is 5.64. The quantitative estimate of drug-likeness (QED) is 0.804. The molecule has 5 rings (SSSR count). The van der Waals surface area contributed by atoms with Crippen LogP contribution >= 0.6 is 12.2 Å². The molecule has 4 fully saturated rings. The van der Waals surface area contributed by atoms with Gasteiger partial charge in [0.1, 0.15) is 0 Å². The van der Waals surface area contributed by atoms with Gasteiger partial charge in [-0.1, -0.05) is 44.2 Å². The average molecular weight is 329 g/mol. The van der Waals surface area contributed by atoms with Gasteiger partial charge in [0.2, 0.25) is 0 Å². The molecular formula is C20H28N2S. The van der Waals surface area contributed by atoms with E-state index < -0.39 is 0 Å². The largest absolute Gasteiger partial charge is 0.359 e. The highest BCUT2D eigenvalue weighted by Crippen LogP contribution is 2.66. The molecule has 4 aliphatic carbocycles. The predicted molar refractivity (Wildman–Crippen MR) is 99.2 cm³/mol. The molecule has 2 unspecified atom stereocenters. The zero-order valence-electron chi connectivity index (χ0n) is 14.3. The van der Waals surface area contributed by atoms with Crippen LogP contribution in [0.5, 0.6) is 0 Å². The zero-order chi connectivity index (χ0) is 16.1. The van der Waals surface area contributed by atoms with Gasteiger partial charge in [-0.3, -0.25) is 0 Å². The molecule has 0 heterocycles. The molecule has 2 nitrogen and oxygen atoms in total. The summed E-state index contributed by atoms with van der Waals surface area (Å²) in [7, 11) is 0. The summed E-state index contributed by atoms with van der Waals surface area (Å²) in [6, 6.07) is 10.5. The summed E-state index contributed by atoms with van der Waals surface area (Å²) in [6.45, 7) is 5.82. The number of nitrogens with one attached hydrogen (secondary N) is 2. The zero-order valence-corrected chi connectivity index (χ0v) is 15.1. The second kappa shape index (κ2) is 5.20. The minimum absolute atomic E-state index is 0.240. The van der Waals surface area contributed by atoms with E-state index in [0.29, 0.717) is 10.8 Å². The van der Waals surface area contributed by atoms with Crippen molar-refractivity contribution in [1.29, 1.82) is 0 Å². The Balaban J connectivity index is 1.43. The molecule has 0 radical (unpaired) electrons. The van der Waals surface area contributed by atoms with Gasteiger partial charge in [-0.05, 0) is 73.1 Å². The Morgan fingerprint density at radius 2 is 1.70 bits per heavy atom. The van der Waals surface area contributed by atoms with Crippen LogP contribution in [0.15, 0.2) is 30.3 Å². The number of hydrogen-bond acceptors (Lipinski definition) is 1. The summed E-state index contributed by atoms with van der Waals surface area (Å²) in [5.41, 5.74) is 2.57. The van der Waals surface area contributed by atoms with Gasteiger partial charge in [-0.2, -0.15) is 0 Å². The van der Waals surface area contributed by atoms with Crippen molar-refractivity contribution in [1.82, 2.24) is 10.6 Å². The fourth-order valence-electron chi connectivity index (χ4n) is 6.65. The molecule has 0 amide bonds. The summed E-state index contributed by atoms with van der Waals surface area (Å²) in [5, 5.41) is 8.02. The molecule has 1 aromatic rings. The van der Waals surface area contributed by atoms with Crippen LogP contribution < -0.4 is 10.6 Å². The summed E-state index contributed by atoms with van der Waals surface area (Å²) in [6.07, 6.45) is 8.15. The van der Waals surface area contributed by atoms with Gasteiger partial charge in [-0.25, -0.2) is 0 Å². The van der Waals surface area contributed by atoms with E-state index in [9.17, 15) is 0 Å². The Labute approximate surface area is 145 Å². The molecule has 4 bridgehead atoms. The van der Waals surface area contributed by atoms with E-state index in [1.54, 1.807) is 0 Å². The Hall–Kier alpha value is -1.09. The molecular weight excluding hydrogens is 300 g/mol. The minimum atomic E-state index is 0.240. The first-order valence-corrected chi connectivity index (χ1v) is 9.39. The van der Waals surface area contributed by atoms with Crippen LogP contribution in [0.3, 0.4) is 0 Å². The van der Waals surface area contributed by atoms with Crippen LogP contribution in [-0.2, 0) is 6.54 Å². The predicted octanol–water partition coefficient (Wildman–Crippen LogP) is 4.40. The maximum Gasteiger partial charge on any atom is 0.166 e. The maximum atomic E-state index is 5.64. The van der Waals surface area contributed by atoms with E-state index in [-0.39, 0.29) is 5.54 Å². The number of thiocarbonyl (C=S) groups is 1. The molecule has 3 heteroatoms. The van der Waals surface area contributed by atoms with Crippen molar-refractivity contribution in [3.05, 3.63) is 35.9 Å². The van der Waals surface area contributed by atoms with Crippen molar-refractivity contribution in [2.24, 2.45) is 16.7 Å². The minimum Gasteiger partial charge on any atom is -0.359 e. The Kier molecular flexibility index (Phi) is 3.49. The van der Waals surface area contributed by atoms with Gasteiger partial charge in [0, 0.05) is 12.1 Å². The van der Waals surface area contributed by atoms with Crippen LogP contribution in [0.2, 0.25) is 0 Å². The lowest BCUT2D eigenvalue weighted by atomic mass is 9.43. The smallest absolute Gasteiger partial charge is 0.166 e. The summed E-state index contributed by atoms with van der Waals surface area (Å²) in [4.78, 5) is 0. The monoisotopic (exact) mass is 328 g/mol. The van der Waals surface area contributed by atoms with E-state index >= 15 is 0 Å². The van der Waals surface area contributed by atoms with Crippen LogP contribution in [0, 0.1) is 16.7 Å². The SMILES string of the molecule is CC12CC3CC(C)(C1)CC(NC(=S)NCc1ccccc1)(C3)C2. The van der Waals surface area contributed by atoms with Gasteiger partial charge in [0.05, 0.1) is 0 Å². The van der Waals surface area contributed by atoms with E-state index in [0.717, 1.165) is 17.6 Å². The molecule has 0 saturated heterocycles. The van der Waals surface area contributed by atoms with E-state index in [2.05, 4.69) is 54.8 Å². The lowest BCUT2D eigenvalue weighted by molar-refractivity contribution is -0.111. The third-order valence-corrected chi connectivity index (χ3v) is 6.55. The Bertz CT molecular complexity index is 593. The van der Waals surface area contributed by atoms with Crippen LogP contribution in [0.1, 0.15) is 57.9 Å². The number of hydrogen-bond donors (Lipinski definition) is 2. The van der Waals surface area contributed by atoms with Crippen molar-refractivity contribution in [3.8, 4) is 0 Å². The highest BCUT2D eigenvalue weighted by Gasteiger charge is 2.60. The van der Waals surface area contributed by atoms with Gasteiger partial charge in [0.25, 0.3) is 0 Å². The van der Waals surface area contributed by atoms with E-state index in [4.69, 9.17) is 12.2 Å². The van der Waals surface area contributed by atoms with Gasteiger partial charge in [0.15, 0.2) is 5.11 Å². The standard InChI is InChI=1S/C20H28N2S/c1-18-8-16-9-19(2,12-18)14-20(10-16,13-18)22-17(23)21-11-15-6-4-3-5-7-15/h3-7,16H,8-14H2,1-2H3,(H2,21,22,23). The first kappa shape index (κ1) is 15.4. The summed E-state index contributed by atoms with van der Waals surface area (Å²) >= 11 is 5.64. The molecule has 124 valence electrons. The Morgan fingerprint density at radius 1 is 1.04 bits per heavy atom. The van der Waals surface area contributed by atoms with Crippen molar-refractivity contribution < 1.29 is 0 Å². The normalized spacial score (nSPS) is 40.9. The van der Waals surface area contributed by atoms with E-state index in [1.165, 1.54) is 44.1 Å². The van der Waals surface area contributed by atoms with Crippen molar-refractivity contribution >= 4 is 17.3 Å². The van der Waals surface area contributed by atoms with Crippen LogP contribution in [0.25, 0.3) is 0 Å². The molecule has 4 aliphatic rings. The van der Waals surface area contributed by atoms with Crippen LogP contribution in [0.4, 0.5) is 0 Å². The first-order chi connectivity index (χ1) is 10.9. The highest BCUT2D eigenvalue weighted by atomic mass is 32.1. The molecule has 1 aromatic carbocycles. The van der Waals surface area contributed by atoms with Crippen molar-refractivity contribution in [3.63, 3.8) is 0 Å². The van der Waals surface area contributed by atoms with Gasteiger partial charge in [-0.15, -0.1) is 0 Å². The van der Waals surface area contributed by atoms with E-state index in [1.807, 2.05) is 0 Å². The third-order valence-electron chi connectivity index (χ3n) is 6.30. The number of rotatable bonds is 3. The third kappa shape index (κ3) is 3.00. The number of benzene rings is 1. The first-order valence-electron chi connectivity index (χ1n) is 8.98. The van der Waals surface area contributed by atoms with Gasteiger partial charge < -0.3 is 10.6 Å². The van der Waals surface area contributed by atoms with Crippen molar-refractivity contribution in [2.45, 2.75) is 64.5 Å². The molecule has 2 atom stereocenters.